The highest BCUT2D eigenvalue weighted by Gasteiger charge is 2.26. The summed E-state index contributed by atoms with van der Waals surface area (Å²) in [6.45, 7) is 3.11. The minimum absolute atomic E-state index is 0.237. The van der Waals surface area contributed by atoms with Gasteiger partial charge in [0, 0.05) is 17.2 Å². The highest BCUT2D eigenvalue weighted by atomic mass is 19.1. The van der Waals surface area contributed by atoms with Gasteiger partial charge in [0.15, 0.2) is 11.5 Å². The average Bonchev–Trinajstić information content (AvgIpc) is 2.34. The number of hydrogen-bond donors (Lipinski definition) is 2. The third kappa shape index (κ3) is 2.78. The molecule has 0 fully saturated rings. The summed E-state index contributed by atoms with van der Waals surface area (Å²) in [7, 11) is 2.80. The van der Waals surface area contributed by atoms with Gasteiger partial charge in [-0.25, -0.2) is 4.39 Å². The van der Waals surface area contributed by atoms with E-state index in [2.05, 4.69) is 0 Å². The second kappa shape index (κ2) is 5.88. The van der Waals surface area contributed by atoms with Crippen LogP contribution in [0.15, 0.2) is 0 Å². The fraction of sp³-hybridized carbons (Fsp3) is 0.462. The summed E-state index contributed by atoms with van der Waals surface area (Å²) in [6, 6.07) is -0.864. The Kier molecular flexibility index (Phi) is 4.72. The maximum Gasteiger partial charge on any atom is 0.305 e. The number of rotatable bonds is 5. The first-order valence-corrected chi connectivity index (χ1v) is 5.73. The van der Waals surface area contributed by atoms with E-state index in [0.29, 0.717) is 11.1 Å². The molecule has 0 radical (unpaired) electrons. The van der Waals surface area contributed by atoms with Crippen molar-refractivity contribution in [3.05, 3.63) is 22.5 Å². The minimum Gasteiger partial charge on any atom is -0.492 e. The monoisotopic (exact) mass is 271 g/mol. The first-order valence-electron chi connectivity index (χ1n) is 5.73. The van der Waals surface area contributed by atoms with Gasteiger partial charge in [-0.3, -0.25) is 4.79 Å². The van der Waals surface area contributed by atoms with Crippen molar-refractivity contribution in [2.24, 2.45) is 5.73 Å². The molecule has 0 saturated heterocycles. The van der Waals surface area contributed by atoms with Gasteiger partial charge in [0.05, 0.1) is 20.6 Å². The molecular weight excluding hydrogens is 253 g/mol. The van der Waals surface area contributed by atoms with Crippen molar-refractivity contribution in [2.75, 3.05) is 14.2 Å². The summed E-state index contributed by atoms with van der Waals surface area (Å²) >= 11 is 0. The molecule has 19 heavy (non-hydrogen) atoms. The lowest BCUT2D eigenvalue weighted by Gasteiger charge is -2.21. The lowest BCUT2D eigenvalue weighted by Crippen LogP contribution is -2.18. The molecule has 0 saturated carbocycles. The summed E-state index contributed by atoms with van der Waals surface area (Å²) in [5.41, 5.74) is 6.75. The van der Waals surface area contributed by atoms with Crippen LogP contribution in [-0.4, -0.2) is 25.3 Å². The highest BCUT2D eigenvalue weighted by molar-refractivity contribution is 5.69. The van der Waals surface area contributed by atoms with Gasteiger partial charge in [0.1, 0.15) is 5.82 Å². The van der Waals surface area contributed by atoms with E-state index >= 15 is 0 Å². The first-order chi connectivity index (χ1) is 8.84. The molecule has 0 aromatic heterocycles. The Bertz CT molecular complexity index is 502. The summed E-state index contributed by atoms with van der Waals surface area (Å²) in [6.07, 6.45) is -0.317. The molecule has 106 valence electrons. The van der Waals surface area contributed by atoms with Crippen LogP contribution < -0.4 is 15.2 Å². The SMILES string of the molecule is COc1c(C)c(F)c(C)c(C(N)CC(=O)O)c1OC. The van der Waals surface area contributed by atoms with E-state index in [-0.39, 0.29) is 23.5 Å². The van der Waals surface area contributed by atoms with Gasteiger partial charge >= 0.3 is 5.97 Å². The van der Waals surface area contributed by atoms with Gasteiger partial charge in [-0.1, -0.05) is 0 Å². The maximum atomic E-state index is 14.1. The molecule has 0 aliphatic carbocycles. The van der Waals surface area contributed by atoms with Crippen molar-refractivity contribution < 1.29 is 23.8 Å². The zero-order chi connectivity index (χ0) is 14.7. The fourth-order valence-electron chi connectivity index (χ4n) is 2.15. The molecule has 6 heteroatoms. The van der Waals surface area contributed by atoms with Gasteiger partial charge < -0.3 is 20.3 Å². The predicted molar refractivity (Wildman–Crippen MR) is 68.2 cm³/mol. The van der Waals surface area contributed by atoms with Gasteiger partial charge in [0.2, 0.25) is 0 Å². The van der Waals surface area contributed by atoms with Gasteiger partial charge in [0.25, 0.3) is 0 Å². The molecule has 3 N–H and O–H groups in total. The molecule has 0 aliphatic rings. The molecule has 0 spiro atoms. The Balaban J connectivity index is 3.52. The predicted octanol–water partition coefficient (Wildman–Crippen LogP) is 1.93. The Hall–Kier alpha value is -1.82. The van der Waals surface area contributed by atoms with Crippen molar-refractivity contribution in [3.63, 3.8) is 0 Å². The van der Waals surface area contributed by atoms with Crippen molar-refractivity contribution in [3.8, 4) is 11.5 Å². The van der Waals surface area contributed by atoms with E-state index in [1.54, 1.807) is 13.8 Å². The third-order valence-corrected chi connectivity index (χ3v) is 3.03. The summed E-state index contributed by atoms with van der Waals surface area (Å²) in [5, 5.41) is 8.80. The quantitative estimate of drug-likeness (QED) is 0.855. The second-order valence-corrected chi connectivity index (χ2v) is 4.25. The zero-order valence-electron chi connectivity index (χ0n) is 11.4. The Morgan fingerprint density at radius 1 is 1.26 bits per heavy atom. The number of aliphatic carboxylic acids is 1. The van der Waals surface area contributed by atoms with Crippen LogP contribution >= 0.6 is 0 Å². The Morgan fingerprint density at radius 3 is 2.21 bits per heavy atom. The van der Waals surface area contributed by atoms with Crippen LogP contribution in [0.3, 0.4) is 0 Å². The molecule has 1 aromatic carbocycles. The summed E-state index contributed by atoms with van der Waals surface area (Å²) < 4.78 is 24.5. The zero-order valence-corrected chi connectivity index (χ0v) is 11.4. The number of benzene rings is 1. The standard InChI is InChI=1S/C13H18FNO4/c1-6-10(8(15)5-9(16)17)13(19-4)12(18-3)7(2)11(6)14/h8H,5,15H2,1-4H3,(H,16,17). The van der Waals surface area contributed by atoms with E-state index in [0.717, 1.165) is 0 Å². The number of carbonyl (C=O) groups is 1. The number of methoxy groups -OCH3 is 2. The van der Waals surface area contributed by atoms with Gasteiger partial charge in [-0.05, 0) is 19.4 Å². The van der Waals surface area contributed by atoms with Crippen LogP contribution in [0.5, 0.6) is 11.5 Å². The minimum atomic E-state index is -1.06. The van der Waals surface area contributed by atoms with Gasteiger partial charge in [-0.2, -0.15) is 0 Å². The molecule has 1 atom stereocenters. The van der Waals surface area contributed by atoms with Crippen LogP contribution in [0.25, 0.3) is 0 Å². The third-order valence-electron chi connectivity index (χ3n) is 3.03. The van der Waals surface area contributed by atoms with Crippen molar-refractivity contribution in [1.29, 1.82) is 0 Å². The van der Waals surface area contributed by atoms with Gasteiger partial charge in [-0.15, -0.1) is 0 Å². The number of nitrogens with two attached hydrogens (primary N) is 1. The molecule has 1 aromatic rings. The Labute approximate surface area is 111 Å². The van der Waals surface area contributed by atoms with E-state index in [4.69, 9.17) is 20.3 Å². The van der Waals surface area contributed by atoms with Crippen LogP contribution in [0.4, 0.5) is 4.39 Å². The molecule has 1 unspecified atom stereocenters. The molecule has 0 bridgehead atoms. The fourth-order valence-corrected chi connectivity index (χ4v) is 2.15. The molecule has 0 heterocycles. The lowest BCUT2D eigenvalue weighted by molar-refractivity contribution is -0.137. The number of hydrogen-bond acceptors (Lipinski definition) is 4. The van der Waals surface area contributed by atoms with Crippen LogP contribution in [0, 0.1) is 19.7 Å². The van der Waals surface area contributed by atoms with E-state index in [1.807, 2.05) is 0 Å². The van der Waals surface area contributed by atoms with Crippen LogP contribution in [0.1, 0.15) is 29.2 Å². The smallest absolute Gasteiger partial charge is 0.305 e. The van der Waals surface area contributed by atoms with Crippen LogP contribution in [-0.2, 0) is 4.79 Å². The van der Waals surface area contributed by atoms with Crippen LogP contribution in [0.2, 0.25) is 0 Å². The van der Waals surface area contributed by atoms with Crippen molar-refractivity contribution in [1.82, 2.24) is 0 Å². The highest BCUT2D eigenvalue weighted by Crippen LogP contribution is 2.41. The number of halogens is 1. The maximum absolute atomic E-state index is 14.1. The van der Waals surface area contributed by atoms with E-state index in [9.17, 15) is 9.18 Å². The summed E-state index contributed by atoms with van der Waals surface area (Å²) in [4.78, 5) is 10.8. The summed E-state index contributed by atoms with van der Waals surface area (Å²) in [5.74, 6) is -1.00. The molecular formula is C13H18FNO4. The van der Waals surface area contributed by atoms with E-state index in [1.165, 1.54) is 14.2 Å². The molecule has 0 amide bonds. The average molecular weight is 271 g/mol. The van der Waals surface area contributed by atoms with Crippen molar-refractivity contribution in [2.45, 2.75) is 26.3 Å². The molecule has 1 rings (SSSR count). The number of carboxylic acids is 1. The molecule has 5 nitrogen and oxygen atoms in total. The topological polar surface area (TPSA) is 81.8 Å². The largest absolute Gasteiger partial charge is 0.492 e. The molecule has 0 aliphatic heterocycles. The van der Waals surface area contributed by atoms with E-state index < -0.39 is 17.8 Å². The lowest BCUT2D eigenvalue weighted by atomic mass is 9.94. The number of ether oxygens (including phenoxy) is 2. The second-order valence-electron chi connectivity index (χ2n) is 4.25. The van der Waals surface area contributed by atoms with Crippen molar-refractivity contribution >= 4 is 5.97 Å². The number of carboxylic acid groups (broad SMARTS) is 1. The first kappa shape index (κ1) is 15.2. The Morgan fingerprint density at radius 2 is 1.79 bits per heavy atom. The normalized spacial score (nSPS) is 12.1.